The van der Waals surface area contributed by atoms with Crippen LogP contribution in [0.5, 0.6) is 0 Å². The summed E-state index contributed by atoms with van der Waals surface area (Å²) in [6.07, 6.45) is 0. The maximum atomic E-state index is 2.48. The van der Waals surface area contributed by atoms with Crippen LogP contribution in [0.3, 0.4) is 0 Å². The Labute approximate surface area is 384 Å². The largest absolute Gasteiger partial charge is 0.310 e. The predicted octanol–water partition coefficient (Wildman–Crippen LogP) is 17.8. The van der Waals surface area contributed by atoms with Crippen LogP contribution in [0, 0.1) is 13.8 Å². The van der Waals surface area contributed by atoms with E-state index in [0.717, 1.165) is 45.3 Å². The molecule has 3 nitrogen and oxygen atoms in total. The second-order valence-electron chi connectivity index (χ2n) is 19.8. The van der Waals surface area contributed by atoms with Crippen molar-refractivity contribution in [3.8, 4) is 16.8 Å². The van der Waals surface area contributed by atoms with Crippen molar-refractivity contribution in [1.29, 1.82) is 0 Å². The summed E-state index contributed by atoms with van der Waals surface area (Å²) in [6, 6.07) is 74.4. The fourth-order valence-electron chi connectivity index (χ4n) is 9.25. The highest BCUT2D eigenvalue weighted by molar-refractivity contribution is 6.15. The second kappa shape index (κ2) is 16.3. The minimum absolute atomic E-state index is 0.0579. The average molecular weight is 844 g/mol. The lowest BCUT2D eigenvalue weighted by Gasteiger charge is -2.27. The second-order valence-corrected chi connectivity index (χ2v) is 19.8. The summed E-state index contributed by atoms with van der Waals surface area (Å²) in [7, 11) is 0. The van der Waals surface area contributed by atoms with Gasteiger partial charge in [0, 0.05) is 50.6 Å². The van der Waals surface area contributed by atoms with Gasteiger partial charge in [0.15, 0.2) is 0 Å². The van der Waals surface area contributed by atoms with E-state index in [2.05, 4.69) is 270 Å². The van der Waals surface area contributed by atoms with Crippen molar-refractivity contribution in [1.82, 2.24) is 4.57 Å². The molecule has 320 valence electrons. The zero-order valence-electron chi connectivity index (χ0n) is 38.9. The van der Waals surface area contributed by atoms with E-state index in [1.807, 2.05) is 0 Å². The first kappa shape index (κ1) is 41.6. The van der Waals surface area contributed by atoms with E-state index in [0.29, 0.717) is 0 Å². The molecule has 0 aliphatic heterocycles. The van der Waals surface area contributed by atoms with E-state index >= 15 is 0 Å². The monoisotopic (exact) mass is 843 g/mol. The first-order valence-electron chi connectivity index (χ1n) is 22.9. The third-order valence-corrected chi connectivity index (χ3v) is 13.0. The summed E-state index contributed by atoms with van der Waals surface area (Å²) >= 11 is 0. The summed E-state index contributed by atoms with van der Waals surface area (Å²) < 4.78 is 2.48. The van der Waals surface area contributed by atoms with Crippen LogP contribution in [0.25, 0.3) is 49.4 Å². The van der Waals surface area contributed by atoms with E-state index in [9.17, 15) is 0 Å². The molecule has 0 atom stereocenters. The first-order chi connectivity index (χ1) is 31.3. The Morgan fingerprint density at radius 2 is 0.800 bits per heavy atom. The van der Waals surface area contributed by atoms with E-state index in [4.69, 9.17) is 0 Å². The number of hydrogen-bond donors (Lipinski definition) is 0. The van der Waals surface area contributed by atoms with E-state index in [-0.39, 0.29) is 10.8 Å². The number of rotatable bonds is 8. The number of anilines is 6. The van der Waals surface area contributed by atoms with Crippen LogP contribution in [0.4, 0.5) is 34.1 Å². The SMILES string of the molecule is Cc1ccc(N(c2ccc(C(C)(C)C)cc2)c2ccc3cc4c5ccc(N(c6ccc(C)cc6)c6ccc(C(C)(C)C)cc6)cc5n(-c5cccc(-c6ccccc6)c5)c4cc3c2)cc1. The third-order valence-electron chi connectivity index (χ3n) is 13.0. The van der Waals surface area contributed by atoms with Crippen molar-refractivity contribution in [3.05, 3.63) is 222 Å². The van der Waals surface area contributed by atoms with Crippen molar-refractivity contribution >= 4 is 66.7 Å². The van der Waals surface area contributed by atoms with Crippen molar-refractivity contribution < 1.29 is 0 Å². The summed E-state index contributed by atoms with van der Waals surface area (Å²) in [4.78, 5) is 4.78. The lowest BCUT2D eigenvalue weighted by Crippen LogP contribution is -2.13. The first-order valence-corrected chi connectivity index (χ1v) is 22.9. The normalized spacial score (nSPS) is 12.0. The Bertz CT molecular complexity index is 3310. The van der Waals surface area contributed by atoms with Gasteiger partial charge in [-0.25, -0.2) is 0 Å². The average Bonchev–Trinajstić information content (AvgIpc) is 3.62. The molecule has 0 unspecified atom stereocenters. The Hall–Kier alpha value is -7.36. The zero-order chi connectivity index (χ0) is 45.0. The molecule has 10 rings (SSSR count). The fraction of sp³-hybridized carbons (Fsp3) is 0.161. The highest BCUT2D eigenvalue weighted by atomic mass is 15.1. The maximum absolute atomic E-state index is 2.48. The Morgan fingerprint density at radius 1 is 0.338 bits per heavy atom. The molecule has 3 heteroatoms. The molecule has 0 fully saturated rings. The summed E-state index contributed by atoms with van der Waals surface area (Å²) in [5.74, 6) is 0. The fourth-order valence-corrected chi connectivity index (χ4v) is 9.25. The number of nitrogens with zero attached hydrogens (tertiary/aromatic N) is 3. The minimum Gasteiger partial charge on any atom is -0.310 e. The molecule has 0 N–H and O–H groups in total. The smallest absolute Gasteiger partial charge is 0.0561 e. The number of aromatic nitrogens is 1. The van der Waals surface area contributed by atoms with Crippen LogP contribution in [-0.2, 0) is 10.8 Å². The highest BCUT2D eigenvalue weighted by Gasteiger charge is 2.22. The lowest BCUT2D eigenvalue weighted by molar-refractivity contribution is 0.590. The van der Waals surface area contributed by atoms with Gasteiger partial charge in [-0.05, 0) is 155 Å². The van der Waals surface area contributed by atoms with Gasteiger partial charge in [0.05, 0.1) is 11.0 Å². The Morgan fingerprint density at radius 3 is 1.34 bits per heavy atom. The van der Waals surface area contributed by atoms with Gasteiger partial charge in [-0.15, -0.1) is 0 Å². The van der Waals surface area contributed by atoms with Crippen LogP contribution in [-0.4, -0.2) is 4.57 Å². The highest BCUT2D eigenvalue weighted by Crippen LogP contribution is 2.43. The van der Waals surface area contributed by atoms with Crippen molar-refractivity contribution in [2.45, 2.75) is 66.2 Å². The van der Waals surface area contributed by atoms with Crippen molar-refractivity contribution in [3.63, 3.8) is 0 Å². The molecule has 0 amide bonds. The number of benzene rings is 9. The predicted molar refractivity (Wildman–Crippen MR) is 280 cm³/mol. The minimum atomic E-state index is 0.0579. The standard InChI is InChI=1S/C62H57N3/c1-42-17-26-50(27-18-42)63(52-31-22-48(23-32-52)61(3,4)5)55-30-21-46-39-58-57-36-35-56(64(51-28-19-43(2)20-29-51)53-33-24-49(25-34-53)62(6,7)8)41-60(57)65(59(58)40-47(46)38-55)54-16-12-15-45(37-54)44-13-10-9-11-14-44/h9-41H,1-8H3. The molecule has 0 aliphatic carbocycles. The number of fused-ring (bicyclic) bond motifs is 4. The van der Waals surface area contributed by atoms with Gasteiger partial charge in [0.25, 0.3) is 0 Å². The van der Waals surface area contributed by atoms with Gasteiger partial charge in [-0.1, -0.05) is 156 Å². The summed E-state index contributed by atoms with van der Waals surface area (Å²) in [6.45, 7) is 17.9. The van der Waals surface area contributed by atoms with Crippen molar-refractivity contribution in [2.75, 3.05) is 9.80 Å². The van der Waals surface area contributed by atoms with Crippen LogP contribution in [0.1, 0.15) is 63.8 Å². The number of hydrogen-bond acceptors (Lipinski definition) is 2. The van der Waals surface area contributed by atoms with Gasteiger partial charge < -0.3 is 14.4 Å². The molecule has 0 saturated heterocycles. The lowest BCUT2D eigenvalue weighted by atomic mass is 9.87. The van der Waals surface area contributed by atoms with E-state index in [1.54, 1.807) is 0 Å². The van der Waals surface area contributed by atoms with Gasteiger partial charge in [0.2, 0.25) is 0 Å². The molecule has 0 aliphatic rings. The molecule has 0 radical (unpaired) electrons. The molecule has 0 spiro atoms. The molecule has 0 bridgehead atoms. The van der Waals surface area contributed by atoms with Crippen LogP contribution >= 0.6 is 0 Å². The molecular formula is C62H57N3. The Kier molecular flexibility index (Phi) is 10.5. The number of aryl methyl sites for hydroxylation is 2. The van der Waals surface area contributed by atoms with Crippen LogP contribution in [0.15, 0.2) is 200 Å². The summed E-state index contributed by atoms with van der Waals surface area (Å²) in [5, 5.41) is 4.82. The molecule has 10 aromatic rings. The molecule has 1 aromatic heterocycles. The Balaban J connectivity index is 1.19. The van der Waals surface area contributed by atoms with E-state index in [1.165, 1.54) is 60.4 Å². The van der Waals surface area contributed by atoms with Crippen molar-refractivity contribution in [2.24, 2.45) is 0 Å². The van der Waals surface area contributed by atoms with E-state index < -0.39 is 0 Å². The topological polar surface area (TPSA) is 11.4 Å². The van der Waals surface area contributed by atoms with Gasteiger partial charge >= 0.3 is 0 Å². The third kappa shape index (κ3) is 8.08. The molecule has 1 heterocycles. The summed E-state index contributed by atoms with van der Waals surface area (Å²) in [5.41, 5.74) is 17.8. The van der Waals surface area contributed by atoms with Crippen LogP contribution in [0.2, 0.25) is 0 Å². The molecular weight excluding hydrogens is 787 g/mol. The van der Waals surface area contributed by atoms with Gasteiger partial charge in [-0.3, -0.25) is 0 Å². The molecule has 65 heavy (non-hydrogen) atoms. The molecule has 0 saturated carbocycles. The van der Waals surface area contributed by atoms with Gasteiger partial charge in [0.1, 0.15) is 0 Å². The van der Waals surface area contributed by atoms with Crippen LogP contribution < -0.4 is 9.80 Å². The molecule has 9 aromatic carbocycles. The quantitative estimate of drug-likeness (QED) is 0.151. The van der Waals surface area contributed by atoms with Gasteiger partial charge in [-0.2, -0.15) is 0 Å². The maximum Gasteiger partial charge on any atom is 0.0561 e. The zero-order valence-corrected chi connectivity index (χ0v) is 38.9.